The predicted molar refractivity (Wildman–Crippen MR) is 55.4 cm³/mol. The minimum atomic E-state index is -3.57. The van der Waals surface area contributed by atoms with Crippen LogP contribution in [0.3, 0.4) is 0 Å². The second kappa shape index (κ2) is 3.28. The molecule has 0 aliphatic carbocycles. The lowest BCUT2D eigenvalue weighted by molar-refractivity contribution is -0.0426. The van der Waals surface area contributed by atoms with E-state index in [-0.39, 0.29) is 23.7 Å². The summed E-state index contributed by atoms with van der Waals surface area (Å²) in [7, 11) is -3.57. The molecule has 0 radical (unpaired) electrons. The number of aryl methyl sites for hydroxylation is 2. The maximum atomic E-state index is 12.1. The summed E-state index contributed by atoms with van der Waals surface area (Å²) in [5.74, 6) is 0.282. The molecule has 2 heterocycles. The average Bonchev–Trinajstić information content (AvgIpc) is 2.42. The van der Waals surface area contributed by atoms with Gasteiger partial charge in [0.15, 0.2) is 5.76 Å². The molecular weight excluding hydrogens is 232 g/mol. The zero-order valence-electron chi connectivity index (χ0n) is 9.39. The van der Waals surface area contributed by atoms with Crippen LogP contribution >= 0.6 is 0 Å². The van der Waals surface area contributed by atoms with Crippen molar-refractivity contribution in [2.75, 3.05) is 13.1 Å². The van der Waals surface area contributed by atoms with Gasteiger partial charge in [0.05, 0.1) is 5.60 Å². The predicted octanol–water partition coefficient (Wildman–Crippen LogP) is 0.0467. The van der Waals surface area contributed by atoms with Crippen LogP contribution in [0.25, 0.3) is 0 Å². The largest absolute Gasteiger partial charge is 0.387 e. The normalized spacial score (nSPS) is 20.8. The molecule has 1 aromatic heterocycles. The molecule has 1 fully saturated rings. The Labute approximate surface area is 93.9 Å². The molecule has 0 bridgehead atoms. The summed E-state index contributed by atoms with van der Waals surface area (Å²) in [6, 6.07) is 0. The Morgan fingerprint density at radius 1 is 1.44 bits per heavy atom. The van der Waals surface area contributed by atoms with E-state index in [2.05, 4.69) is 5.16 Å². The Hall–Kier alpha value is -0.920. The van der Waals surface area contributed by atoms with Crippen LogP contribution in [0, 0.1) is 13.8 Å². The summed E-state index contributed by atoms with van der Waals surface area (Å²) in [5, 5.41) is 13.2. The Balaban J connectivity index is 2.35. The Morgan fingerprint density at radius 2 is 2.00 bits per heavy atom. The molecule has 90 valence electrons. The third kappa shape index (κ3) is 1.64. The van der Waals surface area contributed by atoms with Crippen molar-refractivity contribution in [1.82, 2.24) is 9.46 Å². The Kier molecular flexibility index (Phi) is 2.37. The van der Waals surface area contributed by atoms with Crippen molar-refractivity contribution in [2.45, 2.75) is 31.3 Å². The summed E-state index contributed by atoms with van der Waals surface area (Å²) in [5.41, 5.74) is -0.574. The topological polar surface area (TPSA) is 83.6 Å². The first-order chi connectivity index (χ1) is 7.24. The van der Waals surface area contributed by atoms with Crippen LogP contribution < -0.4 is 0 Å². The van der Waals surface area contributed by atoms with Crippen molar-refractivity contribution >= 4 is 10.0 Å². The molecule has 16 heavy (non-hydrogen) atoms. The zero-order chi connectivity index (χ0) is 12.1. The molecule has 1 saturated heterocycles. The molecule has 0 aromatic carbocycles. The van der Waals surface area contributed by atoms with Gasteiger partial charge in [0.2, 0.25) is 10.0 Å². The van der Waals surface area contributed by atoms with E-state index >= 15 is 0 Å². The standard InChI is InChI=1S/C9H14N2O4S/c1-6-8(7(2)15-10-6)16(13,14)11-4-9(3,12)5-11/h12H,4-5H2,1-3H3. The van der Waals surface area contributed by atoms with Gasteiger partial charge in [-0.15, -0.1) is 0 Å². The molecule has 1 aromatic rings. The van der Waals surface area contributed by atoms with Crippen molar-refractivity contribution in [3.8, 4) is 0 Å². The van der Waals surface area contributed by atoms with Gasteiger partial charge in [-0.3, -0.25) is 0 Å². The first-order valence-corrected chi connectivity index (χ1v) is 6.33. The van der Waals surface area contributed by atoms with Crippen LogP contribution in [-0.4, -0.2) is 41.7 Å². The molecule has 7 heteroatoms. The van der Waals surface area contributed by atoms with Crippen LogP contribution in [0.1, 0.15) is 18.4 Å². The second-order valence-electron chi connectivity index (χ2n) is 4.42. The number of β-amino-alcohol motifs (C(OH)–C–C–N with tert-alkyl or cyclic N) is 1. The molecule has 1 aliphatic heterocycles. The fourth-order valence-electron chi connectivity index (χ4n) is 1.86. The lowest BCUT2D eigenvalue weighted by atomic mass is 10.0. The number of hydrogen-bond donors (Lipinski definition) is 1. The molecule has 1 N–H and O–H groups in total. The highest BCUT2D eigenvalue weighted by Crippen LogP contribution is 2.30. The SMILES string of the molecule is Cc1noc(C)c1S(=O)(=O)N1CC(C)(O)C1. The summed E-state index contributed by atoms with van der Waals surface area (Å²) in [6.07, 6.45) is 0. The summed E-state index contributed by atoms with van der Waals surface area (Å²) in [4.78, 5) is 0.114. The third-order valence-electron chi connectivity index (χ3n) is 2.60. The number of rotatable bonds is 2. The van der Waals surface area contributed by atoms with Crippen molar-refractivity contribution in [2.24, 2.45) is 0 Å². The molecule has 1 aliphatic rings. The number of hydrogen-bond acceptors (Lipinski definition) is 5. The monoisotopic (exact) mass is 246 g/mol. The second-order valence-corrected chi connectivity index (χ2v) is 6.30. The first-order valence-electron chi connectivity index (χ1n) is 4.89. The summed E-state index contributed by atoms with van der Waals surface area (Å²) < 4.78 is 30.3. The maximum Gasteiger partial charge on any atom is 0.248 e. The van der Waals surface area contributed by atoms with E-state index < -0.39 is 15.6 Å². The molecular formula is C9H14N2O4S. The van der Waals surface area contributed by atoms with Crippen LogP contribution in [0.5, 0.6) is 0 Å². The van der Waals surface area contributed by atoms with E-state index in [1.807, 2.05) is 0 Å². The van der Waals surface area contributed by atoms with Gasteiger partial charge in [-0.25, -0.2) is 8.42 Å². The van der Waals surface area contributed by atoms with Crippen LogP contribution in [0.2, 0.25) is 0 Å². The smallest absolute Gasteiger partial charge is 0.248 e. The maximum absolute atomic E-state index is 12.1. The fraction of sp³-hybridized carbons (Fsp3) is 0.667. The van der Waals surface area contributed by atoms with Crippen LogP contribution in [-0.2, 0) is 10.0 Å². The van der Waals surface area contributed by atoms with Crippen molar-refractivity contribution < 1.29 is 18.0 Å². The van der Waals surface area contributed by atoms with Gasteiger partial charge in [0, 0.05) is 13.1 Å². The van der Waals surface area contributed by atoms with Gasteiger partial charge in [0.25, 0.3) is 0 Å². The number of nitrogens with zero attached hydrogens (tertiary/aromatic N) is 2. The lowest BCUT2D eigenvalue weighted by Crippen LogP contribution is -2.61. The van der Waals surface area contributed by atoms with Gasteiger partial charge in [0.1, 0.15) is 10.6 Å². The quantitative estimate of drug-likeness (QED) is 0.797. The highest BCUT2D eigenvalue weighted by molar-refractivity contribution is 7.89. The van der Waals surface area contributed by atoms with E-state index in [0.717, 1.165) is 0 Å². The van der Waals surface area contributed by atoms with E-state index in [0.29, 0.717) is 5.69 Å². The molecule has 0 spiro atoms. The minimum absolute atomic E-state index is 0.111. The van der Waals surface area contributed by atoms with Crippen LogP contribution in [0.15, 0.2) is 9.42 Å². The number of sulfonamides is 1. The van der Waals surface area contributed by atoms with E-state index in [4.69, 9.17) is 4.52 Å². The van der Waals surface area contributed by atoms with Gasteiger partial charge in [-0.1, -0.05) is 5.16 Å². The van der Waals surface area contributed by atoms with E-state index in [1.165, 1.54) is 4.31 Å². The highest BCUT2D eigenvalue weighted by atomic mass is 32.2. The van der Waals surface area contributed by atoms with Gasteiger partial charge < -0.3 is 9.63 Å². The summed E-state index contributed by atoms with van der Waals surface area (Å²) in [6.45, 7) is 4.97. The van der Waals surface area contributed by atoms with E-state index in [1.54, 1.807) is 20.8 Å². The molecule has 0 unspecified atom stereocenters. The number of aliphatic hydroxyl groups is 1. The Bertz CT molecular complexity index is 490. The highest BCUT2D eigenvalue weighted by Gasteiger charge is 2.45. The third-order valence-corrected chi connectivity index (χ3v) is 4.64. The lowest BCUT2D eigenvalue weighted by Gasteiger charge is -2.42. The van der Waals surface area contributed by atoms with Gasteiger partial charge >= 0.3 is 0 Å². The minimum Gasteiger partial charge on any atom is -0.387 e. The van der Waals surface area contributed by atoms with Crippen molar-refractivity contribution in [3.63, 3.8) is 0 Å². The van der Waals surface area contributed by atoms with Crippen molar-refractivity contribution in [3.05, 3.63) is 11.5 Å². The van der Waals surface area contributed by atoms with Crippen molar-refractivity contribution in [1.29, 1.82) is 0 Å². The molecule has 2 rings (SSSR count). The van der Waals surface area contributed by atoms with Crippen LogP contribution in [0.4, 0.5) is 0 Å². The van der Waals surface area contributed by atoms with Gasteiger partial charge in [-0.2, -0.15) is 4.31 Å². The van der Waals surface area contributed by atoms with Gasteiger partial charge in [-0.05, 0) is 20.8 Å². The Morgan fingerprint density at radius 3 is 2.38 bits per heavy atom. The average molecular weight is 246 g/mol. The molecule has 0 saturated carbocycles. The summed E-state index contributed by atoms with van der Waals surface area (Å²) >= 11 is 0. The zero-order valence-corrected chi connectivity index (χ0v) is 10.2. The first kappa shape index (κ1) is 11.6. The molecule has 0 amide bonds. The number of aromatic nitrogens is 1. The molecule has 0 atom stereocenters. The molecule has 6 nitrogen and oxygen atoms in total. The fourth-order valence-corrected chi connectivity index (χ4v) is 3.82. The van der Waals surface area contributed by atoms with E-state index in [9.17, 15) is 13.5 Å².